The molecule has 12 nitrogen and oxygen atoms in total. The molecule has 1 saturated carbocycles. The molecule has 7 atom stereocenters. The van der Waals surface area contributed by atoms with Crippen LogP contribution in [0.3, 0.4) is 0 Å². The standard InChI is InChI=1S/C53H60N2O10/c1-3-28-62-53-48(55(2)52(58)38-20-24-46-47(31-38)61-34-60-46)33-44(54-65-49-17-9-12-29-59-49)42-30-37(15-7-10-26-56)41(16-8-11-27-57)50(51(42)53)43-32-40(23-25-45(43)64-53)63-39-21-18-36(19-22-39)35-13-5-4-6-14-35/h3-6,13-14,18-25,30-32,37,41,48-51,56-57H,1,7-12,15-17,26-29,33-34H2,2H3/t37-,41+,48-,49?,50+,51+,53+/m0/s1. The van der Waals surface area contributed by atoms with Crippen molar-refractivity contribution in [2.24, 2.45) is 22.9 Å². The molecule has 1 saturated heterocycles. The monoisotopic (exact) mass is 884 g/mol. The summed E-state index contributed by atoms with van der Waals surface area (Å²) in [4.78, 5) is 22.8. The minimum atomic E-state index is -1.40. The molecule has 3 aliphatic heterocycles. The Morgan fingerprint density at radius 1 is 0.877 bits per heavy atom. The van der Waals surface area contributed by atoms with Crippen LogP contribution in [-0.2, 0) is 14.3 Å². The van der Waals surface area contributed by atoms with E-state index in [1.165, 1.54) is 0 Å². The van der Waals surface area contributed by atoms with Crippen LogP contribution < -0.4 is 18.9 Å². The Labute approximate surface area is 381 Å². The van der Waals surface area contributed by atoms with E-state index in [9.17, 15) is 15.0 Å². The van der Waals surface area contributed by atoms with Gasteiger partial charge in [0.05, 0.1) is 24.8 Å². The predicted octanol–water partition coefficient (Wildman–Crippen LogP) is 9.81. The largest absolute Gasteiger partial charge is 0.459 e. The lowest BCUT2D eigenvalue weighted by molar-refractivity contribution is -0.252. The minimum Gasteiger partial charge on any atom is -0.459 e. The van der Waals surface area contributed by atoms with E-state index in [0.717, 1.165) is 67.2 Å². The Kier molecular flexibility index (Phi) is 13.9. The van der Waals surface area contributed by atoms with Gasteiger partial charge in [0, 0.05) is 50.1 Å². The molecular formula is C53H60N2O10. The number of likely N-dealkylation sites (N-methyl/N-ethyl adjacent to an activating group) is 1. The van der Waals surface area contributed by atoms with Crippen molar-refractivity contribution in [2.45, 2.75) is 88.2 Å². The van der Waals surface area contributed by atoms with E-state index in [2.05, 4.69) is 43.0 Å². The van der Waals surface area contributed by atoms with E-state index in [-0.39, 0.29) is 56.7 Å². The van der Waals surface area contributed by atoms with Crippen molar-refractivity contribution in [1.29, 1.82) is 0 Å². The fourth-order valence-corrected chi connectivity index (χ4v) is 10.6. The fraction of sp³-hybridized carbons (Fsp3) is 0.434. The van der Waals surface area contributed by atoms with Gasteiger partial charge in [-0.05, 0) is 116 Å². The summed E-state index contributed by atoms with van der Waals surface area (Å²) < 4.78 is 38.4. The van der Waals surface area contributed by atoms with Crippen LogP contribution in [0.25, 0.3) is 11.1 Å². The molecule has 3 heterocycles. The highest BCUT2D eigenvalue weighted by Gasteiger charge is 2.65. The Balaban J connectivity index is 1.18. The first-order chi connectivity index (χ1) is 31.9. The molecule has 342 valence electrons. The van der Waals surface area contributed by atoms with E-state index in [4.69, 9.17) is 38.4 Å². The molecule has 5 aliphatic rings. The number of carbonyl (C=O) groups excluding carboxylic acids is 1. The van der Waals surface area contributed by atoms with Crippen molar-refractivity contribution in [3.05, 3.63) is 126 Å². The maximum absolute atomic E-state index is 14.8. The second-order valence-corrected chi connectivity index (χ2v) is 17.7. The third-order valence-corrected chi connectivity index (χ3v) is 13.7. The molecule has 9 rings (SSSR count). The highest BCUT2D eigenvalue weighted by Crippen LogP contribution is 2.62. The number of hydrogen-bond donors (Lipinski definition) is 2. The fourth-order valence-electron chi connectivity index (χ4n) is 10.6. The van der Waals surface area contributed by atoms with E-state index in [1.807, 2.05) is 42.5 Å². The van der Waals surface area contributed by atoms with Crippen LogP contribution in [0.15, 0.2) is 120 Å². The van der Waals surface area contributed by atoms with Crippen LogP contribution in [0.2, 0.25) is 0 Å². The average molecular weight is 885 g/mol. The van der Waals surface area contributed by atoms with E-state index in [1.54, 1.807) is 36.2 Å². The van der Waals surface area contributed by atoms with Crippen LogP contribution in [0.4, 0.5) is 0 Å². The molecule has 65 heavy (non-hydrogen) atoms. The maximum atomic E-state index is 14.8. The normalized spacial score (nSPS) is 25.7. The summed E-state index contributed by atoms with van der Waals surface area (Å²) in [6.45, 7) is 5.10. The highest BCUT2D eigenvalue weighted by molar-refractivity contribution is 6.03. The lowest BCUT2D eigenvalue weighted by Gasteiger charge is -2.59. The first-order valence-electron chi connectivity index (χ1n) is 23.3. The van der Waals surface area contributed by atoms with Gasteiger partial charge in [0.15, 0.2) is 11.5 Å². The molecule has 2 fully saturated rings. The van der Waals surface area contributed by atoms with Crippen molar-refractivity contribution in [2.75, 3.05) is 40.3 Å². The van der Waals surface area contributed by atoms with Crippen LogP contribution in [0.1, 0.15) is 86.0 Å². The zero-order chi connectivity index (χ0) is 44.8. The van der Waals surface area contributed by atoms with Gasteiger partial charge in [0.1, 0.15) is 23.3 Å². The molecule has 0 aromatic heterocycles. The van der Waals surface area contributed by atoms with Crippen LogP contribution >= 0.6 is 0 Å². The number of ether oxygens (including phenoxy) is 6. The molecule has 2 N–H and O–H groups in total. The highest BCUT2D eigenvalue weighted by atomic mass is 16.8. The number of fused-ring (bicyclic) bond motifs is 3. The van der Waals surface area contributed by atoms with Crippen molar-refractivity contribution in [3.63, 3.8) is 0 Å². The molecule has 0 bridgehead atoms. The van der Waals surface area contributed by atoms with Gasteiger partial charge in [-0.2, -0.15) is 0 Å². The SMILES string of the molecule is C=CCO[C@@]12Oc3ccc(Oc4ccc(-c5ccccc5)cc4)cc3[C@H]3[C@H](CCCCO)[C@@H](CCCCO)C=C(C(=NOC4CCCCO4)C[C@@H]1N(C)C(=O)c1ccc4c(c1)OCO4)[C@H]32. The van der Waals surface area contributed by atoms with Crippen LogP contribution in [-0.4, -0.2) is 85.1 Å². The molecule has 4 aromatic rings. The van der Waals surface area contributed by atoms with Gasteiger partial charge in [-0.1, -0.05) is 72.6 Å². The van der Waals surface area contributed by atoms with Gasteiger partial charge in [-0.3, -0.25) is 4.79 Å². The number of nitrogens with zero attached hydrogens (tertiary/aromatic N) is 2. The third kappa shape index (κ3) is 9.27. The summed E-state index contributed by atoms with van der Waals surface area (Å²) >= 11 is 0. The molecule has 1 amide bonds. The number of aliphatic hydroxyl groups excluding tert-OH is 2. The van der Waals surface area contributed by atoms with Crippen molar-refractivity contribution in [1.82, 2.24) is 4.90 Å². The van der Waals surface area contributed by atoms with E-state index in [0.29, 0.717) is 59.5 Å². The first-order valence-corrected chi connectivity index (χ1v) is 23.3. The van der Waals surface area contributed by atoms with Crippen molar-refractivity contribution in [3.8, 4) is 39.9 Å². The van der Waals surface area contributed by atoms with Gasteiger partial charge in [0.25, 0.3) is 5.91 Å². The smallest absolute Gasteiger partial charge is 0.254 e. The zero-order valence-corrected chi connectivity index (χ0v) is 37.1. The van der Waals surface area contributed by atoms with E-state index >= 15 is 0 Å². The average Bonchev–Trinajstić information content (AvgIpc) is 3.83. The predicted molar refractivity (Wildman–Crippen MR) is 246 cm³/mol. The summed E-state index contributed by atoms with van der Waals surface area (Å²) in [7, 11) is 1.79. The number of allylic oxidation sites excluding steroid dienone is 1. The molecule has 12 heteroatoms. The minimum absolute atomic E-state index is 0.0567. The zero-order valence-electron chi connectivity index (χ0n) is 37.1. The second kappa shape index (κ2) is 20.2. The van der Waals surface area contributed by atoms with Gasteiger partial charge < -0.3 is 48.4 Å². The van der Waals surface area contributed by atoms with Crippen LogP contribution in [0, 0.1) is 17.8 Å². The number of carbonyl (C=O) groups is 1. The lowest BCUT2D eigenvalue weighted by Crippen LogP contribution is -2.69. The second-order valence-electron chi connectivity index (χ2n) is 17.7. The summed E-state index contributed by atoms with van der Waals surface area (Å²) in [6.07, 6.45) is 11.1. The van der Waals surface area contributed by atoms with Gasteiger partial charge in [-0.15, -0.1) is 6.58 Å². The first kappa shape index (κ1) is 44.5. The molecule has 1 unspecified atom stereocenters. The number of hydrogen-bond acceptors (Lipinski definition) is 11. The summed E-state index contributed by atoms with van der Waals surface area (Å²) in [5.74, 6) is 0.915. The molecule has 0 radical (unpaired) electrons. The lowest BCUT2D eigenvalue weighted by atomic mass is 9.55. The summed E-state index contributed by atoms with van der Waals surface area (Å²) in [6, 6.07) is 28.9. The van der Waals surface area contributed by atoms with Crippen LogP contribution in [0.5, 0.6) is 28.7 Å². The number of oxime groups is 1. The number of unbranched alkanes of at least 4 members (excludes halogenated alkanes) is 2. The number of rotatable bonds is 18. The number of amides is 1. The quantitative estimate of drug-likeness (QED) is 0.0565. The third-order valence-electron chi connectivity index (χ3n) is 13.7. The maximum Gasteiger partial charge on any atom is 0.254 e. The molecular weight excluding hydrogens is 825 g/mol. The number of aliphatic hydroxyl groups is 2. The summed E-state index contributed by atoms with van der Waals surface area (Å²) in [5.41, 5.74) is 5.29. The van der Waals surface area contributed by atoms with Gasteiger partial charge in [-0.25, -0.2) is 0 Å². The van der Waals surface area contributed by atoms with Crippen molar-refractivity contribution < 1.29 is 48.3 Å². The van der Waals surface area contributed by atoms with Gasteiger partial charge in [0.2, 0.25) is 18.9 Å². The Bertz CT molecular complexity index is 2340. The van der Waals surface area contributed by atoms with E-state index < -0.39 is 24.0 Å². The van der Waals surface area contributed by atoms with Crippen molar-refractivity contribution >= 4 is 11.6 Å². The van der Waals surface area contributed by atoms with Gasteiger partial charge >= 0.3 is 0 Å². The number of benzene rings is 4. The Morgan fingerprint density at radius 3 is 2.40 bits per heavy atom. The molecule has 0 spiro atoms. The topological polar surface area (TPSA) is 138 Å². The Hall–Kier alpha value is -5.66. The Morgan fingerprint density at radius 2 is 1.63 bits per heavy atom. The molecule has 4 aromatic carbocycles. The summed E-state index contributed by atoms with van der Waals surface area (Å²) in [5, 5.41) is 24.9. The molecule has 2 aliphatic carbocycles.